The van der Waals surface area contributed by atoms with E-state index in [-0.39, 0.29) is 17.7 Å². The lowest BCUT2D eigenvalue weighted by molar-refractivity contribution is -0.150. The predicted molar refractivity (Wildman–Crippen MR) is 98.5 cm³/mol. The summed E-state index contributed by atoms with van der Waals surface area (Å²) < 4.78 is 0. The quantitative estimate of drug-likeness (QED) is 0.744. The SMILES string of the molecule is CC(=O)NC1(CC(C)C)CCN(C(CCc2ccccc2)C(=O)O)C1=O. The summed E-state index contributed by atoms with van der Waals surface area (Å²) in [7, 11) is 0. The van der Waals surface area contributed by atoms with Crippen molar-refractivity contribution in [2.24, 2.45) is 5.92 Å². The lowest BCUT2D eigenvalue weighted by Crippen LogP contribution is -2.56. The standard InChI is InChI=1S/C20H28N2O4/c1-14(2)13-20(21-15(3)23)11-12-22(19(20)26)17(18(24)25)10-9-16-7-5-4-6-8-16/h4-8,14,17H,9-13H2,1-3H3,(H,21,23)(H,24,25). The van der Waals surface area contributed by atoms with Gasteiger partial charge in [-0.15, -0.1) is 0 Å². The van der Waals surface area contributed by atoms with Gasteiger partial charge in [-0.3, -0.25) is 9.59 Å². The fraction of sp³-hybridized carbons (Fsp3) is 0.550. The number of hydrogen-bond donors (Lipinski definition) is 2. The molecule has 1 aromatic carbocycles. The maximum Gasteiger partial charge on any atom is 0.326 e. The number of carbonyl (C=O) groups excluding carboxylic acids is 2. The summed E-state index contributed by atoms with van der Waals surface area (Å²) in [4.78, 5) is 38.0. The van der Waals surface area contributed by atoms with E-state index in [4.69, 9.17) is 0 Å². The van der Waals surface area contributed by atoms with Gasteiger partial charge in [-0.2, -0.15) is 0 Å². The maximum absolute atomic E-state index is 13.1. The number of nitrogens with zero attached hydrogens (tertiary/aromatic N) is 1. The van der Waals surface area contributed by atoms with Crippen LogP contribution in [-0.4, -0.2) is 45.9 Å². The van der Waals surface area contributed by atoms with Gasteiger partial charge in [-0.05, 0) is 37.2 Å². The van der Waals surface area contributed by atoms with E-state index in [1.54, 1.807) is 0 Å². The zero-order valence-corrected chi connectivity index (χ0v) is 15.7. The summed E-state index contributed by atoms with van der Waals surface area (Å²) in [5.74, 6) is -1.34. The summed E-state index contributed by atoms with van der Waals surface area (Å²) in [5.41, 5.74) is 0.0566. The minimum absolute atomic E-state index is 0.207. The molecule has 2 amide bonds. The summed E-state index contributed by atoms with van der Waals surface area (Å²) in [6.45, 7) is 5.72. The highest BCUT2D eigenvalue weighted by Crippen LogP contribution is 2.32. The lowest BCUT2D eigenvalue weighted by Gasteiger charge is -2.32. The molecule has 6 heteroatoms. The molecule has 1 fully saturated rings. The van der Waals surface area contributed by atoms with Gasteiger partial charge in [0.2, 0.25) is 11.8 Å². The zero-order valence-electron chi connectivity index (χ0n) is 15.7. The molecule has 26 heavy (non-hydrogen) atoms. The highest BCUT2D eigenvalue weighted by atomic mass is 16.4. The van der Waals surface area contributed by atoms with Crippen LogP contribution in [0.1, 0.15) is 45.6 Å². The second kappa shape index (κ2) is 8.34. The fourth-order valence-electron chi connectivity index (χ4n) is 3.84. The predicted octanol–water partition coefficient (Wildman–Crippen LogP) is 2.23. The average Bonchev–Trinajstić information content (AvgIpc) is 2.84. The van der Waals surface area contributed by atoms with E-state index in [1.165, 1.54) is 11.8 Å². The first kappa shape index (κ1) is 19.9. The third kappa shape index (κ3) is 4.62. The lowest BCUT2D eigenvalue weighted by atomic mass is 9.87. The zero-order chi connectivity index (χ0) is 19.3. The van der Waals surface area contributed by atoms with Crippen LogP contribution in [0.15, 0.2) is 30.3 Å². The number of amides is 2. The molecular formula is C20H28N2O4. The molecule has 2 rings (SSSR count). The van der Waals surface area contributed by atoms with Gasteiger partial charge in [-0.25, -0.2) is 4.79 Å². The van der Waals surface area contributed by atoms with Gasteiger partial charge in [0.1, 0.15) is 11.6 Å². The molecule has 1 aliphatic heterocycles. The van der Waals surface area contributed by atoms with E-state index >= 15 is 0 Å². The van der Waals surface area contributed by atoms with Gasteiger partial charge in [0, 0.05) is 13.5 Å². The number of benzene rings is 1. The normalized spacial score (nSPS) is 21.1. The van der Waals surface area contributed by atoms with Crippen LogP contribution in [0.4, 0.5) is 0 Å². The molecule has 6 nitrogen and oxygen atoms in total. The molecule has 0 saturated carbocycles. The molecule has 0 aromatic heterocycles. The summed E-state index contributed by atoms with van der Waals surface area (Å²) in [6, 6.07) is 8.75. The first-order valence-electron chi connectivity index (χ1n) is 9.12. The third-order valence-electron chi connectivity index (χ3n) is 4.83. The van der Waals surface area contributed by atoms with Crippen LogP contribution in [-0.2, 0) is 20.8 Å². The Kier molecular flexibility index (Phi) is 6.40. The van der Waals surface area contributed by atoms with E-state index in [2.05, 4.69) is 5.32 Å². The monoisotopic (exact) mass is 360 g/mol. The van der Waals surface area contributed by atoms with E-state index in [0.29, 0.717) is 32.2 Å². The van der Waals surface area contributed by atoms with E-state index in [9.17, 15) is 19.5 Å². The van der Waals surface area contributed by atoms with Crippen molar-refractivity contribution >= 4 is 17.8 Å². The second-order valence-corrected chi connectivity index (χ2v) is 7.49. The van der Waals surface area contributed by atoms with Crippen molar-refractivity contribution in [2.75, 3.05) is 6.54 Å². The summed E-state index contributed by atoms with van der Waals surface area (Å²) >= 11 is 0. The van der Waals surface area contributed by atoms with Gasteiger partial charge in [0.05, 0.1) is 0 Å². The first-order chi connectivity index (χ1) is 12.2. The molecular weight excluding hydrogens is 332 g/mol. The Balaban J connectivity index is 2.17. The van der Waals surface area contributed by atoms with Crippen molar-refractivity contribution in [3.05, 3.63) is 35.9 Å². The van der Waals surface area contributed by atoms with Crippen molar-refractivity contribution < 1.29 is 19.5 Å². The number of carboxylic acids is 1. The van der Waals surface area contributed by atoms with E-state index in [1.807, 2.05) is 44.2 Å². The van der Waals surface area contributed by atoms with Crippen LogP contribution in [0.2, 0.25) is 0 Å². The smallest absolute Gasteiger partial charge is 0.326 e. The average molecular weight is 360 g/mol. The fourth-order valence-corrected chi connectivity index (χ4v) is 3.84. The van der Waals surface area contributed by atoms with Crippen LogP contribution in [0.5, 0.6) is 0 Å². The summed E-state index contributed by atoms with van der Waals surface area (Å²) in [5, 5.41) is 12.5. The number of likely N-dealkylation sites (tertiary alicyclic amines) is 1. The molecule has 2 unspecified atom stereocenters. The van der Waals surface area contributed by atoms with Gasteiger partial charge >= 0.3 is 5.97 Å². The van der Waals surface area contributed by atoms with Gasteiger partial charge in [0.15, 0.2) is 0 Å². The number of rotatable bonds is 8. The van der Waals surface area contributed by atoms with E-state index < -0.39 is 17.6 Å². The molecule has 1 saturated heterocycles. The van der Waals surface area contributed by atoms with Crippen LogP contribution >= 0.6 is 0 Å². The number of carbonyl (C=O) groups is 3. The van der Waals surface area contributed by atoms with Crippen LogP contribution in [0, 0.1) is 5.92 Å². The number of aryl methyl sites for hydroxylation is 1. The molecule has 1 aromatic rings. The molecule has 2 N–H and O–H groups in total. The molecule has 1 heterocycles. The topological polar surface area (TPSA) is 86.7 Å². The van der Waals surface area contributed by atoms with E-state index in [0.717, 1.165) is 5.56 Å². The Morgan fingerprint density at radius 1 is 1.27 bits per heavy atom. The highest BCUT2D eigenvalue weighted by molar-refractivity contribution is 5.95. The molecule has 0 spiro atoms. The molecule has 1 aliphatic rings. The highest BCUT2D eigenvalue weighted by Gasteiger charge is 2.50. The van der Waals surface area contributed by atoms with Crippen molar-refractivity contribution in [1.29, 1.82) is 0 Å². The van der Waals surface area contributed by atoms with Crippen LogP contribution in [0.25, 0.3) is 0 Å². The molecule has 2 atom stereocenters. The summed E-state index contributed by atoms with van der Waals surface area (Å²) in [6.07, 6.45) is 1.88. The Morgan fingerprint density at radius 3 is 2.46 bits per heavy atom. The first-order valence-corrected chi connectivity index (χ1v) is 9.12. The van der Waals surface area contributed by atoms with Crippen LogP contribution < -0.4 is 5.32 Å². The molecule has 142 valence electrons. The Morgan fingerprint density at radius 2 is 1.92 bits per heavy atom. The van der Waals surface area contributed by atoms with Crippen molar-refractivity contribution in [3.8, 4) is 0 Å². The Bertz CT molecular complexity index is 659. The Hall–Kier alpha value is -2.37. The maximum atomic E-state index is 13.1. The minimum atomic E-state index is -1.00. The largest absolute Gasteiger partial charge is 0.480 e. The number of nitrogens with one attached hydrogen (secondary N) is 1. The third-order valence-corrected chi connectivity index (χ3v) is 4.83. The number of hydrogen-bond acceptors (Lipinski definition) is 3. The molecule has 0 bridgehead atoms. The van der Waals surface area contributed by atoms with Gasteiger partial charge < -0.3 is 15.3 Å². The van der Waals surface area contributed by atoms with Gasteiger partial charge in [-0.1, -0.05) is 44.2 Å². The van der Waals surface area contributed by atoms with Crippen molar-refractivity contribution in [1.82, 2.24) is 10.2 Å². The molecule has 0 radical (unpaired) electrons. The number of aliphatic carboxylic acids is 1. The molecule has 0 aliphatic carbocycles. The van der Waals surface area contributed by atoms with Crippen molar-refractivity contribution in [2.45, 2.75) is 58.0 Å². The Labute approximate surface area is 154 Å². The number of carboxylic acid groups (broad SMARTS) is 1. The second-order valence-electron chi connectivity index (χ2n) is 7.49. The van der Waals surface area contributed by atoms with Crippen LogP contribution in [0.3, 0.4) is 0 Å². The van der Waals surface area contributed by atoms with Gasteiger partial charge in [0.25, 0.3) is 0 Å². The minimum Gasteiger partial charge on any atom is -0.480 e. The van der Waals surface area contributed by atoms with Crippen molar-refractivity contribution in [3.63, 3.8) is 0 Å².